The minimum absolute atomic E-state index is 0.00128. The van der Waals surface area contributed by atoms with Crippen LogP contribution in [0.3, 0.4) is 0 Å². The van der Waals surface area contributed by atoms with Crippen molar-refractivity contribution < 1.29 is 14.3 Å². The van der Waals surface area contributed by atoms with Crippen LogP contribution in [-0.4, -0.2) is 33.3 Å². The van der Waals surface area contributed by atoms with Crippen LogP contribution in [0.15, 0.2) is 29.4 Å². The third-order valence-corrected chi connectivity index (χ3v) is 5.64. The van der Waals surface area contributed by atoms with Crippen LogP contribution in [0.4, 0.5) is 0 Å². The zero-order chi connectivity index (χ0) is 20.3. The minimum Gasteiger partial charge on any atom is -0.468 e. The molecule has 3 rings (SSSR count). The molecule has 0 saturated heterocycles. The fraction of sp³-hybridized carbons (Fsp3) is 0.400. The third-order valence-electron chi connectivity index (χ3n) is 4.60. The molecule has 0 bridgehead atoms. The summed E-state index contributed by atoms with van der Waals surface area (Å²) in [6.45, 7) is 3.99. The predicted octanol–water partition coefficient (Wildman–Crippen LogP) is 3.00. The second kappa shape index (κ2) is 8.52. The lowest BCUT2D eigenvalue weighted by Gasteiger charge is -2.05. The zero-order valence-corrected chi connectivity index (χ0v) is 17.4. The van der Waals surface area contributed by atoms with Crippen molar-refractivity contribution in [1.29, 1.82) is 0 Å². The van der Waals surface area contributed by atoms with Crippen molar-refractivity contribution in [2.45, 2.75) is 39.7 Å². The van der Waals surface area contributed by atoms with Crippen molar-refractivity contribution in [3.05, 3.63) is 46.0 Å². The van der Waals surface area contributed by atoms with Crippen LogP contribution >= 0.6 is 11.3 Å². The monoisotopic (exact) mass is 400 g/mol. The molecule has 0 aliphatic rings. The Morgan fingerprint density at radius 1 is 1.32 bits per heavy atom. The normalized spacial score (nSPS) is 11.9. The quantitative estimate of drug-likeness (QED) is 0.596. The molecule has 1 aromatic carbocycles. The highest BCUT2D eigenvalue weighted by Crippen LogP contribution is 2.21. The molecule has 0 fully saturated rings. The van der Waals surface area contributed by atoms with Gasteiger partial charge in [0.25, 0.3) is 5.91 Å². The Hall–Kier alpha value is -2.74. The number of hydrogen-bond donors (Lipinski definition) is 0. The predicted molar refractivity (Wildman–Crippen MR) is 108 cm³/mol. The molecule has 0 saturated carbocycles. The molecule has 0 aliphatic heterocycles. The molecule has 0 N–H and O–H groups in total. The van der Waals surface area contributed by atoms with Crippen molar-refractivity contribution in [1.82, 2.24) is 14.3 Å². The zero-order valence-electron chi connectivity index (χ0n) is 16.6. The molecule has 0 radical (unpaired) electrons. The highest BCUT2D eigenvalue weighted by molar-refractivity contribution is 7.16. The Morgan fingerprint density at radius 2 is 2.11 bits per heavy atom. The maximum absolute atomic E-state index is 12.8. The summed E-state index contributed by atoms with van der Waals surface area (Å²) in [6, 6.07) is 6.16. The van der Waals surface area contributed by atoms with E-state index in [1.54, 1.807) is 17.8 Å². The van der Waals surface area contributed by atoms with E-state index in [2.05, 4.69) is 29.1 Å². The van der Waals surface area contributed by atoms with Gasteiger partial charge in [-0.3, -0.25) is 14.3 Å². The van der Waals surface area contributed by atoms with Gasteiger partial charge in [-0.15, -0.1) is 0 Å². The first-order valence-corrected chi connectivity index (χ1v) is 10.0. The van der Waals surface area contributed by atoms with E-state index in [9.17, 15) is 9.59 Å². The van der Waals surface area contributed by atoms with E-state index in [1.165, 1.54) is 28.7 Å². The number of fused-ring (bicyclic) bond motifs is 1. The minimum atomic E-state index is -0.389. The van der Waals surface area contributed by atoms with E-state index in [1.807, 2.05) is 13.0 Å². The van der Waals surface area contributed by atoms with Crippen LogP contribution in [0.1, 0.15) is 41.4 Å². The molecular formula is C20H24N4O3S. The number of rotatable bonds is 6. The number of unbranched alkanes of at least 4 members (excludes halogenated alkanes) is 1. The van der Waals surface area contributed by atoms with Crippen molar-refractivity contribution in [3.8, 4) is 0 Å². The first-order chi connectivity index (χ1) is 13.4. The molecule has 0 aliphatic carbocycles. The van der Waals surface area contributed by atoms with Gasteiger partial charge >= 0.3 is 5.97 Å². The van der Waals surface area contributed by atoms with E-state index in [-0.39, 0.29) is 18.4 Å². The first-order valence-electron chi connectivity index (χ1n) is 9.21. The number of aryl methyl sites for hydroxylation is 3. The van der Waals surface area contributed by atoms with Crippen molar-refractivity contribution in [2.24, 2.45) is 12.0 Å². The van der Waals surface area contributed by atoms with Crippen molar-refractivity contribution in [3.63, 3.8) is 0 Å². The van der Waals surface area contributed by atoms with E-state index < -0.39 is 0 Å². The van der Waals surface area contributed by atoms with E-state index in [4.69, 9.17) is 4.74 Å². The van der Waals surface area contributed by atoms with Gasteiger partial charge in [0.05, 0.1) is 23.5 Å². The standard InChI is InChI=1S/C20H24N4O3S/c1-5-6-7-14-8-9-15-16(10-14)28-20(24(15)12-17(25)27-4)22-19(26)18-13(2)11-21-23(18)3/h8-11H,5-7,12H2,1-4H3. The molecule has 148 valence electrons. The fourth-order valence-electron chi connectivity index (χ4n) is 3.08. The summed E-state index contributed by atoms with van der Waals surface area (Å²) >= 11 is 1.40. The molecule has 2 heterocycles. The Labute approximate surface area is 167 Å². The fourth-order valence-corrected chi connectivity index (χ4v) is 4.17. The average molecular weight is 401 g/mol. The number of hydrogen-bond acceptors (Lipinski definition) is 5. The third kappa shape index (κ3) is 4.06. The number of esters is 1. The highest BCUT2D eigenvalue weighted by atomic mass is 32.1. The molecule has 2 aromatic heterocycles. The van der Waals surface area contributed by atoms with Gasteiger partial charge in [0.15, 0.2) is 4.80 Å². The van der Waals surface area contributed by atoms with Crippen molar-refractivity contribution in [2.75, 3.05) is 7.11 Å². The maximum atomic E-state index is 12.8. The Kier molecular flexibility index (Phi) is 6.08. The number of nitrogens with zero attached hydrogens (tertiary/aromatic N) is 4. The SMILES string of the molecule is CCCCc1ccc2c(c1)sc(=NC(=O)c1c(C)cnn1C)n2CC(=O)OC. The number of amides is 1. The van der Waals surface area contributed by atoms with Crippen LogP contribution in [-0.2, 0) is 29.5 Å². The summed E-state index contributed by atoms with van der Waals surface area (Å²) in [5, 5.41) is 4.10. The summed E-state index contributed by atoms with van der Waals surface area (Å²) in [6.07, 6.45) is 4.88. The Morgan fingerprint density at radius 3 is 2.75 bits per heavy atom. The lowest BCUT2D eigenvalue weighted by atomic mass is 10.1. The summed E-state index contributed by atoms with van der Waals surface area (Å²) in [4.78, 5) is 29.5. The van der Waals surface area contributed by atoms with Crippen LogP contribution in [0.5, 0.6) is 0 Å². The van der Waals surface area contributed by atoms with Crippen LogP contribution in [0.2, 0.25) is 0 Å². The van der Waals surface area contributed by atoms with E-state index in [0.717, 1.165) is 35.0 Å². The molecule has 7 nitrogen and oxygen atoms in total. The number of benzene rings is 1. The molecule has 8 heteroatoms. The molecule has 0 spiro atoms. The molecule has 0 unspecified atom stereocenters. The number of thiazole rings is 1. The molecule has 0 atom stereocenters. The first kappa shape index (κ1) is 20.0. The van der Waals surface area contributed by atoms with Gasteiger partial charge in [0.1, 0.15) is 12.2 Å². The smallest absolute Gasteiger partial charge is 0.325 e. The highest BCUT2D eigenvalue weighted by Gasteiger charge is 2.16. The lowest BCUT2D eigenvalue weighted by Crippen LogP contribution is -2.23. The second-order valence-electron chi connectivity index (χ2n) is 6.67. The maximum Gasteiger partial charge on any atom is 0.325 e. The molecule has 28 heavy (non-hydrogen) atoms. The lowest BCUT2D eigenvalue weighted by molar-refractivity contribution is -0.141. The van der Waals surface area contributed by atoms with Gasteiger partial charge in [0, 0.05) is 12.6 Å². The van der Waals surface area contributed by atoms with Gasteiger partial charge in [0.2, 0.25) is 0 Å². The molecular weight excluding hydrogens is 376 g/mol. The van der Waals surface area contributed by atoms with Crippen LogP contribution in [0.25, 0.3) is 10.2 Å². The van der Waals surface area contributed by atoms with Gasteiger partial charge < -0.3 is 9.30 Å². The van der Waals surface area contributed by atoms with Crippen LogP contribution in [0, 0.1) is 6.92 Å². The van der Waals surface area contributed by atoms with Crippen LogP contribution < -0.4 is 4.80 Å². The topological polar surface area (TPSA) is 78.5 Å². The van der Waals surface area contributed by atoms with E-state index >= 15 is 0 Å². The molecule has 3 aromatic rings. The largest absolute Gasteiger partial charge is 0.468 e. The van der Waals surface area contributed by atoms with Gasteiger partial charge in [-0.25, -0.2) is 0 Å². The summed E-state index contributed by atoms with van der Waals surface area (Å²) in [5.41, 5.74) is 3.30. The van der Waals surface area contributed by atoms with Crippen molar-refractivity contribution >= 4 is 33.4 Å². The summed E-state index contributed by atoms with van der Waals surface area (Å²) in [7, 11) is 3.06. The number of methoxy groups -OCH3 is 1. The van der Waals surface area contributed by atoms with Gasteiger partial charge in [-0.1, -0.05) is 30.7 Å². The average Bonchev–Trinajstić information content (AvgIpc) is 3.18. The second-order valence-corrected chi connectivity index (χ2v) is 7.68. The Bertz CT molecular complexity index is 1070. The number of carbonyl (C=O) groups excluding carboxylic acids is 2. The molecule has 1 amide bonds. The van der Waals surface area contributed by atoms with Gasteiger partial charge in [-0.2, -0.15) is 10.1 Å². The number of ether oxygens (including phenoxy) is 1. The summed E-state index contributed by atoms with van der Waals surface area (Å²) in [5.74, 6) is -0.769. The number of carbonyl (C=O) groups is 2. The number of aromatic nitrogens is 3. The van der Waals surface area contributed by atoms with E-state index in [0.29, 0.717) is 10.5 Å². The van der Waals surface area contributed by atoms with Gasteiger partial charge in [-0.05, 0) is 37.5 Å². The summed E-state index contributed by atoms with van der Waals surface area (Å²) < 4.78 is 9.07. The Balaban J connectivity index is 2.12.